The van der Waals surface area contributed by atoms with Gasteiger partial charge in [0.05, 0.1) is 10.6 Å². The quantitative estimate of drug-likeness (QED) is 0.656. The number of oxazole rings is 1. The average molecular weight is 330 g/mol. The molecule has 0 aliphatic heterocycles. The van der Waals surface area contributed by atoms with E-state index in [0.29, 0.717) is 12.4 Å². The lowest BCUT2D eigenvalue weighted by Gasteiger charge is -2.24. The lowest BCUT2D eigenvalue weighted by Crippen LogP contribution is -2.22. The van der Waals surface area contributed by atoms with Gasteiger partial charge in [0.1, 0.15) is 11.6 Å². The van der Waals surface area contributed by atoms with E-state index in [1.165, 1.54) is 12.1 Å². The molecule has 0 fully saturated rings. The van der Waals surface area contributed by atoms with Crippen LogP contribution in [0.4, 0.5) is 4.39 Å². The molecule has 2 heterocycles. The minimum absolute atomic E-state index is 0.164. The van der Waals surface area contributed by atoms with Gasteiger partial charge in [0.2, 0.25) is 5.89 Å². The fourth-order valence-electron chi connectivity index (χ4n) is 2.45. The third kappa shape index (κ3) is 3.51. The van der Waals surface area contributed by atoms with Gasteiger partial charge >= 0.3 is 0 Å². The highest BCUT2D eigenvalue weighted by atomic mass is 32.1. The minimum Gasteiger partial charge on any atom is -0.440 e. The molecule has 120 valence electrons. The Labute approximate surface area is 139 Å². The number of aromatic nitrogens is 1. The molecule has 0 radical (unpaired) electrons. The van der Waals surface area contributed by atoms with Gasteiger partial charge in [0.15, 0.2) is 0 Å². The third-order valence-corrected chi connectivity index (χ3v) is 4.90. The van der Waals surface area contributed by atoms with E-state index in [4.69, 9.17) is 4.42 Å². The van der Waals surface area contributed by atoms with Crippen LogP contribution in [-0.2, 0) is 6.54 Å². The summed E-state index contributed by atoms with van der Waals surface area (Å²) >= 11 is 1.62. The number of rotatable bonds is 5. The summed E-state index contributed by atoms with van der Waals surface area (Å²) in [4.78, 5) is 7.84. The second-order valence-corrected chi connectivity index (χ2v) is 6.59. The van der Waals surface area contributed by atoms with E-state index < -0.39 is 0 Å². The van der Waals surface area contributed by atoms with Gasteiger partial charge in [-0.25, -0.2) is 9.37 Å². The zero-order valence-electron chi connectivity index (χ0n) is 13.4. The molecule has 1 unspecified atom stereocenters. The summed E-state index contributed by atoms with van der Waals surface area (Å²) in [7, 11) is 2.03. The van der Waals surface area contributed by atoms with Crippen LogP contribution in [0.5, 0.6) is 0 Å². The molecule has 3 aromatic rings. The first kappa shape index (κ1) is 15.9. The smallest absolute Gasteiger partial charge is 0.236 e. The summed E-state index contributed by atoms with van der Waals surface area (Å²) in [6.07, 6.45) is 0. The van der Waals surface area contributed by atoms with Crippen LogP contribution < -0.4 is 0 Å². The second-order valence-electron chi connectivity index (χ2n) is 5.64. The van der Waals surface area contributed by atoms with Crippen LogP contribution >= 0.6 is 11.3 Å². The van der Waals surface area contributed by atoms with Crippen LogP contribution in [0.1, 0.15) is 30.0 Å². The largest absolute Gasteiger partial charge is 0.440 e. The summed E-state index contributed by atoms with van der Waals surface area (Å²) in [5.41, 5.74) is 2.01. The van der Waals surface area contributed by atoms with E-state index >= 15 is 0 Å². The van der Waals surface area contributed by atoms with Gasteiger partial charge in [-0.05, 0) is 50.0 Å². The summed E-state index contributed by atoms with van der Waals surface area (Å²) in [5, 5.41) is 2.01. The first-order valence-corrected chi connectivity index (χ1v) is 8.38. The van der Waals surface area contributed by atoms with E-state index in [-0.39, 0.29) is 11.9 Å². The van der Waals surface area contributed by atoms with Crippen molar-refractivity contribution in [3.8, 4) is 10.8 Å². The van der Waals surface area contributed by atoms with Crippen LogP contribution in [-0.4, -0.2) is 16.9 Å². The fraction of sp³-hybridized carbons (Fsp3) is 0.278. The van der Waals surface area contributed by atoms with E-state index in [0.717, 1.165) is 21.9 Å². The normalized spacial score (nSPS) is 12.7. The SMILES string of the molecule is Cc1oc(-c2cccs2)nc1CN(C)C(C)c1ccc(F)cc1. The molecule has 5 heteroatoms. The van der Waals surface area contributed by atoms with Gasteiger partial charge in [-0.15, -0.1) is 11.3 Å². The lowest BCUT2D eigenvalue weighted by atomic mass is 10.1. The number of benzene rings is 1. The lowest BCUT2D eigenvalue weighted by molar-refractivity contribution is 0.249. The molecule has 0 spiro atoms. The second kappa shape index (κ2) is 6.64. The standard InChI is InChI=1S/C18H19FN2OS/c1-12(14-6-8-15(19)9-7-14)21(3)11-16-13(2)22-18(20-16)17-5-4-10-23-17/h4-10,12H,11H2,1-3H3. The molecule has 3 rings (SSSR count). The predicted octanol–water partition coefficient (Wildman–Crippen LogP) is 5.04. The number of aryl methyl sites for hydroxylation is 1. The summed E-state index contributed by atoms with van der Waals surface area (Å²) < 4.78 is 18.8. The summed E-state index contributed by atoms with van der Waals surface area (Å²) in [5.74, 6) is 1.30. The predicted molar refractivity (Wildman–Crippen MR) is 90.8 cm³/mol. The van der Waals surface area contributed by atoms with Gasteiger partial charge in [-0.2, -0.15) is 0 Å². The van der Waals surface area contributed by atoms with Crippen molar-refractivity contribution in [2.45, 2.75) is 26.4 Å². The summed E-state index contributed by atoms with van der Waals surface area (Å²) in [6, 6.07) is 10.8. The minimum atomic E-state index is -0.212. The van der Waals surface area contributed by atoms with Gasteiger partial charge in [0, 0.05) is 12.6 Å². The molecule has 0 aliphatic carbocycles. The molecule has 1 atom stereocenters. The molecule has 1 aromatic carbocycles. The molecule has 3 nitrogen and oxygen atoms in total. The van der Waals surface area contributed by atoms with Crippen molar-refractivity contribution in [2.24, 2.45) is 0 Å². The number of nitrogens with zero attached hydrogens (tertiary/aromatic N) is 2. The highest BCUT2D eigenvalue weighted by Crippen LogP contribution is 2.27. The van der Waals surface area contributed by atoms with Gasteiger partial charge in [-0.3, -0.25) is 4.90 Å². The molecule has 2 aromatic heterocycles. The molecule has 0 amide bonds. The molecule has 0 N–H and O–H groups in total. The van der Waals surface area contributed by atoms with Crippen LogP contribution in [0.2, 0.25) is 0 Å². The Morgan fingerprint density at radius 1 is 1.26 bits per heavy atom. The van der Waals surface area contributed by atoms with Gasteiger partial charge in [0.25, 0.3) is 0 Å². The highest BCUT2D eigenvalue weighted by Gasteiger charge is 2.17. The molecule has 23 heavy (non-hydrogen) atoms. The van der Waals surface area contributed by atoms with Gasteiger partial charge < -0.3 is 4.42 Å². The van der Waals surface area contributed by atoms with Crippen LogP contribution in [0.15, 0.2) is 46.2 Å². The first-order chi connectivity index (χ1) is 11.0. The van der Waals surface area contributed by atoms with E-state index in [9.17, 15) is 4.39 Å². The Balaban J connectivity index is 1.75. The number of hydrogen-bond acceptors (Lipinski definition) is 4. The Bertz CT molecular complexity index is 765. The Morgan fingerprint density at radius 3 is 2.65 bits per heavy atom. The number of hydrogen-bond donors (Lipinski definition) is 0. The monoisotopic (exact) mass is 330 g/mol. The van der Waals surface area contributed by atoms with Crippen molar-refractivity contribution in [1.82, 2.24) is 9.88 Å². The fourth-order valence-corrected chi connectivity index (χ4v) is 3.10. The molecular formula is C18H19FN2OS. The van der Waals surface area contributed by atoms with E-state index in [1.54, 1.807) is 11.3 Å². The van der Waals surface area contributed by atoms with Crippen molar-refractivity contribution < 1.29 is 8.81 Å². The van der Waals surface area contributed by atoms with Gasteiger partial charge in [-0.1, -0.05) is 18.2 Å². The van der Waals surface area contributed by atoms with Crippen LogP contribution in [0, 0.1) is 12.7 Å². The Hall–Kier alpha value is -1.98. The first-order valence-electron chi connectivity index (χ1n) is 7.50. The number of halogens is 1. The van der Waals surface area contributed by atoms with Crippen molar-refractivity contribution in [2.75, 3.05) is 7.05 Å². The highest BCUT2D eigenvalue weighted by molar-refractivity contribution is 7.13. The van der Waals surface area contributed by atoms with Crippen LogP contribution in [0.3, 0.4) is 0 Å². The van der Waals surface area contributed by atoms with E-state index in [2.05, 4.69) is 16.8 Å². The van der Waals surface area contributed by atoms with Crippen molar-refractivity contribution in [3.63, 3.8) is 0 Å². The maximum absolute atomic E-state index is 13.1. The van der Waals surface area contributed by atoms with Crippen molar-refractivity contribution in [1.29, 1.82) is 0 Å². The molecule has 0 saturated carbocycles. The topological polar surface area (TPSA) is 29.3 Å². The zero-order valence-corrected chi connectivity index (χ0v) is 14.2. The third-order valence-electron chi connectivity index (χ3n) is 4.04. The molecule has 0 saturated heterocycles. The van der Waals surface area contributed by atoms with Crippen LogP contribution in [0.25, 0.3) is 10.8 Å². The summed E-state index contributed by atoms with van der Waals surface area (Å²) in [6.45, 7) is 4.72. The molecular weight excluding hydrogens is 311 g/mol. The Morgan fingerprint density at radius 2 is 2.00 bits per heavy atom. The van der Waals surface area contributed by atoms with Crippen molar-refractivity contribution in [3.05, 3.63) is 64.6 Å². The maximum atomic E-state index is 13.1. The number of thiophene rings is 1. The average Bonchev–Trinajstić information content (AvgIpc) is 3.18. The Kier molecular flexibility index (Phi) is 4.59. The van der Waals surface area contributed by atoms with Crippen molar-refractivity contribution >= 4 is 11.3 Å². The zero-order chi connectivity index (χ0) is 16.4. The molecule has 0 bridgehead atoms. The van der Waals surface area contributed by atoms with E-state index in [1.807, 2.05) is 43.6 Å². The molecule has 0 aliphatic rings. The maximum Gasteiger partial charge on any atom is 0.236 e.